The molecule has 1 N–H and O–H groups in total. The van der Waals surface area contributed by atoms with Gasteiger partial charge in [-0.1, -0.05) is 26.0 Å². The number of sulfonamides is 1. The predicted molar refractivity (Wildman–Crippen MR) is 88.5 cm³/mol. The topological polar surface area (TPSA) is 49.4 Å². The smallest absolute Gasteiger partial charge is 0.243 e. The maximum absolute atomic E-state index is 12.6. The number of benzene rings is 1. The Morgan fingerprint density at radius 3 is 2.43 bits per heavy atom. The monoisotopic (exact) mass is 332 g/mol. The molecule has 1 saturated heterocycles. The fourth-order valence-corrected chi connectivity index (χ4v) is 4.21. The molecule has 1 atom stereocenters. The van der Waals surface area contributed by atoms with Crippen molar-refractivity contribution in [2.24, 2.45) is 5.92 Å². The van der Waals surface area contributed by atoms with E-state index in [0.29, 0.717) is 23.9 Å². The summed E-state index contributed by atoms with van der Waals surface area (Å²) in [6.07, 6.45) is 0.977. The lowest BCUT2D eigenvalue weighted by Gasteiger charge is -2.32. The Morgan fingerprint density at radius 1 is 1.29 bits per heavy atom. The van der Waals surface area contributed by atoms with Crippen LogP contribution in [0, 0.1) is 5.92 Å². The second kappa shape index (κ2) is 7.58. The van der Waals surface area contributed by atoms with E-state index in [1.165, 1.54) is 5.56 Å². The van der Waals surface area contributed by atoms with Crippen molar-refractivity contribution in [3.8, 4) is 0 Å². The van der Waals surface area contributed by atoms with Gasteiger partial charge in [0.05, 0.1) is 4.90 Å². The predicted octanol–water partition coefficient (Wildman–Crippen LogP) is 2.29. The van der Waals surface area contributed by atoms with Gasteiger partial charge in [-0.25, -0.2) is 8.42 Å². The molecule has 1 aliphatic heterocycles. The van der Waals surface area contributed by atoms with Crippen LogP contribution in [0.5, 0.6) is 0 Å². The highest BCUT2D eigenvalue weighted by molar-refractivity contribution is 7.89. The van der Waals surface area contributed by atoms with Crippen molar-refractivity contribution in [1.82, 2.24) is 9.62 Å². The number of hydrogen-bond acceptors (Lipinski definition) is 3. The van der Waals surface area contributed by atoms with Gasteiger partial charge >= 0.3 is 0 Å². The molecule has 1 aliphatic rings. The summed E-state index contributed by atoms with van der Waals surface area (Å²) in [5.41, 5.74) is 1.19. The normalized spacial score (nSPS) is 20.3. The Morgan fingerprint density at radius 2 is 1.90 bits per heavy atom. The zero-order valence-corrected chi connectivity index (χ0v) is 14.5. The second-order valence-corrected chi connectivity index (χ2v) is 7.80. The van der Waals surface area contributed by atoms with Gasteiger partial charge in [0.2, 0.25) is 10.0 Å². The molecule has 0 aromatic heterocycles. The molecule has 4 nitrogen and oxygen atoms in total. The van der Waals surface area contributed by atoms with Crippen LogP contribution >= 0.6 is 12.4 Å². The summed E-state index contributed by atoms with van der Waals surface area (Å²) in [4.78, 5) is 0.402. The van der Waals surface area contributed by atoms with Crippen molar-refractivity contribution in [2.75, 3.05) is 19.6 Å². The van der Waals surface area contributed by atoms with Crippen LogP contribution in [-0.4, -0.2) is 38.4 Å². The van der Waals surface area contributed by atoms with Gasteiger partial charge in [0.1, 0.15) is 0 Å². The average Bonchev–Trinajstić information content (AvgIpc) is 2.39. The Labute approximate surface area is 134 Å². The van der Waals surface area contributed by atoms with Gasteiger partial charge in [-0.2, -0.15) is 4.31 Å². The first-order valence-corrected chi connectivity index (χ1v) is 8.67. The Hall–Kier alpha value is -0.620. The second-order valence-electron chi connectivity index (χ2n) is 5.91. The van der Waals surface area contributed by atoms with Crippen molar-refractivity contribution < 1.29 is 8.42 Å². The molecular weight excluding hydrogens is 308 g/mol. The summed E-state index contributed by atoms with van der Waals surface area (Å²) in [6.45, 7) is 8.23. The molecule has 1 heterocycles. The molecule has 120 valence electrons. The third kappa shape index (κ3) is 4.42. The van der Waals surface area contributed by atoms with Crippen LogP contribution in [0.2, 0.25) is 0 Å². The minimum absolute atomic E-state index is 0. The lowest BCUT2D eigenvalue weighted by Crippen LogP contribution is -2.52. The first-order valence-electron chi connectivity index (χ1n) is 7.23. The summed E-state index contributed by atoms with van der Waals surface area (Å²) in [5, 5.41) is 3.21. The molecule has 1 aromatic carbocycles. The number of nitrogens with one attached hydrogen (secondary N) is 1. The first kappa shape index (κ1) is 18.4. The van der Waals surface area contributed by atoms with Crippen molar-refractivity contribution >= 4 is 22.4 Å². The maximum Gasteiger partial charge on any atom is 0.243 e. The highest BCUT2D eigenvalue weighted by Gasteiger charge is 2.30. The van der Waals surface area contributed by atoms with Crippen LogP contribution in [0.25, 0.3) is 0 Å². The molecule has 0 aliphatic carbocycles. The van der Waals surface area contributed by atoms with Gasteiger partial charge in [0.15, 0.2) is 0 Å². The van der Waals surface area contributed by atoms with Crippen LogP contribution in [-0.2, 0) is 16.4 Å². The molecule has 21 heavy (non-hydrogen) atoms. The van der Waals surface area contributed by atoms with E-state index in [1.54, 1.807) is 16.4 Å². The van der Waals surface area contributed by atoms with Crippen molar-refractivity contribution in [1.29, 1.82) is 0 Å². The highest BCUT2D eigenvalue weighted by atomic mass is 35.5. The van der Waals surface area contributed by atoms with Crippen LogP contribution < -0.4 is 5.32 Å². The summed E-state index contributed by atoms with van der Waals surface area (Å²) in [6, 6.07) is 7.34. The van der Waals surface area contributed by atoms with Crippen LogP contribution in [0.4, 0.5) is 0 Å². The lowest BCUT2D eigenvalue weighted by atomic mass is 10.0. The molecule has 0 bridgehead atoms. The summed E-state index contributed by atoms with van der Waals surface area (Å²) < 4.78 is 26.9. The molecule has 0 amide bonds. The van der Waals surface area contributed by atoms with E-state index in [2.05, 4.69) is 19.2 Å². The fraction of sp³-hybridized carbons (Fsp3) is 0.600. The van der Waals surface area contributed by atoms with Crippen LogP contribution in [0.3, 0.4) is 0 Å². The fourth-order valence-electron chi connectivity index (χ4n) is 2.58. The van der Waals surface area contributed by atoms with E-state index in [-0.39, 0.29) is 18.4 Å². The Balaban J connectivity index is 0.00000220. The zero-order chi connectivity index (χ0) is 14.8. The van der Waals surface area contributed by atoms with Crippen molar-refractivity contribution in [3.05, 3.63) is 29.8 Å². The number of piperazine rings is 1. The van der Waals surface area contributed by atoms with Crippen LogP contribution in [0.1, 0.15) is 26.3 Å². The van der Waals surface area contributed by atoms with Gasteiger partial charge in [0.25, 0.3) is 0 Å². The maximum atomic E-state index is 12.6. The molecule has 1 aromatic rings. The third-order valence-electron chi connectivity index (χ3n) is 3.61. The van der Waals surface area contributed by atoms with E-state index in [0.717, 1.165) is 13.0 Å². The average molecular weight is 333 g/mol. The largest absolute Gasteiger partial charge is 0.314 e. The first-order chi connectivity index (χ1) is 9.41. The molecule has 0 spiro atoms. The van der Waals surface area contributed by atoms with E-state index in [4.69, 9.17) is 0 Å². The van der Waals surface area contributed by atoms with E-state index < -0.39 is 10.0 Å². The summed E-state index contributed by atoms with van der Waals surface area (Å²) >= 11 is 0. The number of nitrogens with zero attached hydrogens (tertiary/aromatic N) is 1. The van der Waals surface area contributed by atoms with E-state index >= 15 is 0 Å². The lowest BCUT2D eigenvalue weighted by molar-refractivity contribution is 0.284. The zero-order valence-electron chi connectivity index (χ0n) is 12.9. The highest BCUT2D eigenvalue weighted by Crippen LogP contribution is 2.20. The van der Waals surface area contributed by atoms with E-state index in [9.17, 15) is 8.42 Å². The number of rotatable bonds is 4. The summed E-state index contributed by atoms with van der Waals surface area (Å²) in [5.74, 6) is 0.575. The third-order valence-corrected chi connectivity index (χ3v) is 5.64. The van der Waals surface area contributed by atoms with Gasteiger partial charge in [-0.15, -0.1) is 12.4 Å². The van der Waals surface area contributed by atoms with Crippen LogP contribution in [0.15, 0.2) is 29.2 Å². The standard InChI is InChI=1S/C15H24N2O2S.ClH/c1-12(2)10-14-4-6-15(7-5-14)20(18,19)17-9-8-16-11-13(17)3;/h4-7,12-13,16H,8-11H2,1-3H3;1H. The van der Waals surface area contributed by atoms with Gasteiger partial charge in [0, 0.05) is 25.7 Å². The van der Waals surface area contributed by atoms with Crippen molar-refractivity contribution in [3.63, 3.8) is 0 Å². The molecule has 1 fully saturated rings. The number of hydrogen-bond donors (Lipinski definition) is 1. The Kier molecular flexibility index (Phi) is 6.66. The SMILES string of the molecule is CC(C)Cc1ccc(S(=O)(=O)N2CCNCC2C)cc1.Cl. The molecular formula is C15H25ClN2O2S. The quantitative estimate of drug-likeness (QED) is 0.920. The molecule has 1 unspecified atom stereocenters. The molecule has 6 heteroatoms. The van der Waals surface area contributed by atoms with Gasteiger partial charge < -0.3 is 5.32 Å². The molecule has 2 rings (SSSR count). The molecule has 0 saturated carbocycles. The number of halogens is 1. The molecule has 0 radical (unpaired) electrons. The van der Waals surface area contributed by atoms with Gasteiger partial charge in [-0.3, -0.25) is 0 Å². The van der Waals surface area contributed by atoms with Gasteiger partial charge in [-0.05, 0) is 37.0 Å². The van der Waals surface area contributed by atoms with E-state index in [1.807, 2.05) is 19.1 Å². The summed E-state index contributed by atoms with van der Waals surface area (Å²) in [7, 11) is -3.36. The minimum Gasteiger partial charge on any atom is -0.314 e. The minimum atomic E-state index is -3.36. The van der Waals surface area contributed by atoms with Crippen molar-refractivity contribution in [2.45, 2.75) is 38.1 Å². The Bertz CT molecular complexity index is 543.